The zero-order valence-corrected chi connectivity index (χ0v) is 34.0. The highest BCUT2D eigenvalue weighted by Gasteiger charge is 2.28. The predicted octanol–water partition coefficient (Wildman–Crippen LogP) is 0.231. The average Bonchev–Trinajstić information content (AvgIpc) is 3.50. The first-order valence-corrected chi connectivity index (χ1v) is 19.8. The molecule has 4 N–H and O–H groups in total. The Morgan fingerprint density at radius 3 is 1.47 bits per heavy atom. The molecule has 0 aliphatic carbocycles. The lowest BCUT2D eigenvalue weighted by Crippen LogP contribution is -2.53. The number of carboxylic acid groups (broad SMARTS) is 1. The molecule has 0 aromatic rings. The van der Waals surface area contributed by atoms with Crippen molar-refractivity contribution in [3.05, 3.63) is 12.2 Å². The molecule has 2 atom stereocenters. The molecule has 0 aromatic heterocycles. The molecule has 0 unspecified atom stereocenters. The van der Waals surface area contributed by atoms with Gasteiger partial charge in [-0.3, -0.25) is 28.9 Å². The second-order valence-electron chi connectivity index (χ2n) is 13.1. The van der Waals surface area contributed by atoms with Gasteiger partial charge in [0.15, 0.2) is 0 Å². The van der Waals surface area contributed by atoms with Crippen LogP contribution >= 0.6 is 0 Å². The summed E-state index contributed by atoms with van der Waals surface area (Å²) in [5, 5.41) is 17.4. The van der Waals surface area contributed by atoms with E-state index in [-0.39, 0.29) is 43.7 Å². The van der Waals surface area contributed by atoms with Crippen LogP contribution in [-0.4, -0.2) is 176 Å². The number of rotatable bonds is 39. The highest BCUT2D eigenvalue weighted by molar-refractivity contribution is 6.13. The van der Waals surface area contributed by atoms with Crippen LogP contribution in [0.15, 0.2) is 12.2 Å². The van der Waals surface area contributed by atoms with Crippen LogP contribution in [0.2, 0.25) is 0 Å². The van der Waals surface area contributed by atoms with Crippen molar-refractivity contribution in [3.8, 4) is 0 Å². The summed E-state index contributed by atoms with van der Waals surface area (Å²) in [4.78, 5) is 72.4. The number of nitrogens with one attached hydrogen (secondary N) is 3. The van der Waals surface area contributed by atoms with E-state index in [2.05, 4.69) is 16.0 Å². The van der Waals surface area contributed by atoms with E-state index in [1.54, 1.807) is 13.8 Å². The minimum absolute atomic E-state index is 0.0389. The third-order valence-corrected chi connectivity index (χ3v) is 8.09. The van der Waals surface area contributed by atoms with Gasteiger partial charge in [-0.25, -0.2) is 4.79 Å². The van der Waals surface area contributed by atoms with Crippen LogP contribution in [0.25, 0.3) is 0 Å². The predicted molar refractivity (Wildman–Crippen MR) is 205 cm³/mol. The summed E-state index contributed by atoms with van der Waals surface area (Å²) in [6.07, 6.45) is 5.31. The Bertz CT molecular complexity index is 1160. The van der Waals surface area contributed by atoms with Gasteiger partial charge < -0.3 is 59.0 Å². The molecule has 0 spiro atoms. The van der Waals surface area contributed by atoms with E-state index in [4.69, 9.17) is 37.9 Å². The number of ether oxygens (including phenoxy) is 8. The fourth-order valence-electron chi connectivity index (χ4n) is 4.92. The maximum atomic E-state index is 12.7. The zero-order chi connectivity index (χ0) is 41.9. The van der Waals surface area contributed by atoms with E-state index in [0.717, 1.165) is 17.7 Å². The Morgan fingerprint density at radius 1 is 0.614 bits per heavy atom. The number of carboxylic acids is 1. The molecule has 0 saturated heterocycles. The standard InChI is InChI=1S/C38H66N4O15/c1-4-5-6-7-31(38(48)49)40-37(47)36(30(2)3)41-33(44)11-14-50-16-18-52-20-22-54-24-26-56-28-29-57-27-25-55-23-21-53-19-17-51-15-12-39-32(43)10-13-42-34(45)8-9-35(42)46/h8-9,30-31,36H,4-7,10-29H2,1-3H3,(H,39,43)(H,40,47)(H,41,44)(H,48,49)/t31-,36-/m0/s1. The van der Waals surface area contributed by atoms with Crippen molar-refractivity contribution in [2.75, 3.05) is 119 Å². The molecule has 1 rings (SSSR count). The molecule has 0 aromatic carbocycles. The summed E-state index contributed by atoms with van der Waals surface area (Å²) in [6.45, 7) is 11.9. The van der Waals surface area contributed by atoms with E-state index >= 15 is 0 Å². The molecule has 0 saturated carbocycles. The number of carbonyl (C=O) groups is 6. The minimum atomic E-state index is -1.09. The number of unbranched alkanes of at least 4 members (excludes halogenated alkanes) is 2. The maximum absolute atomic E-state index is 12.7. The molecule has 328 valence electrons. The second kappa shape index (κ2) is 34.5. The van der Waals surface area contributed by atoms with Crippen molar-refractivity contribution >= 4 is 35.5 Å². The first-order valence-electron chi connectivity index (χ1n) is 19.8. The topological polar surface area (TPSA) is 236 Å². The van der Waals surface area contributed by atoms with Crippen molar-refractivity contribution in [1.82, 2.24) is 20.9 Å². The van der Waals surface area contributed by atoms with E-state index in [0.29, 0.717) is 118 Å². The highest BCUT2D eigenvalue weighted by Crippen LogP contribution is 2.08. The molecular weight excluding hydrogens is 752 g/mol. The third-order valence-electron chi connectivity index (χ3n) is 8.09. The van der Waals surface area contributed by atoms with Crippen molar-refractivity contribution in [2.24, 2.45) is 5.92 Å². The zero-order valence-electron chi connectivity index (χ0n) is 34.0. The van der Waals surface area contributed by atoms with Gasteiger partial charge in [-0.15, -0.1) is 0 Å². The van der Waals surface area contributed by atoms with E-state index in [1.165, 1.54) is 12.2 Å². The Hall–Kier alpha value is -3.56. The molecular formula is C38H66N4O15. The van der Waals surface area contributed by atoms with Gasteiger partial charge >= 0.3 is 5.97 Å². The molecule has 1 aliphatic rings. The van der Waals surface area contributed by atoms with Gasteiger partial charge in [0.05, 0.1) is 106 Å². The highest BCUT2D eigenvalue weighted by atomic mass is 16.6. The van der Waals surface area contributed by atoms with Crippen LogP contribution < -0.4 is 16.0 Å². The average molecular weight is 819 g/mol. The fraction of sp³-hybridized carbons (Fsp3) is 0.789. The number of nitrogens with zero attached hydrogens (tertiary/aromatic N) is 1. The van der Waals surface area contributed by atoms with Crippen molar-refractivity contribution < 1.29 is 71.8 Å². The van der Waals surface area contributed by atoms with Gasteiger partial charge in [0, 0.05) is 38.1 Å². The molecule has 1 aliphatic heterocycles. The number of hydrogen-bond acceptors (Lipinski definition) is 14. The van der Waals surface area contributed by atoms with E-state index < -0.39 is 35.8 Å². The van der Waals surface area contributed by atoms with Crippen LogP contribution in [0, 0.1) is 5.92 Å². The lowest BCUT2D eigenvalue weighted by Gasteiger charge is -2.24. The van der Waals surface area contributed by atoms with Gasteiger partial charge in [-0.05, 0) is 12.3 Å². The quantitative estimate of drug-likeness (QED) is 0.0480. The van der Waals surface area contributed by atoms with Crippen LogP contribution in [0.5, 0.6) is 0 Å². The van der Waals surface area contributed by atoms with E-state index in [1.807, 2.05) is 6.92 Å². The molecule has 0 radical (unpaired) electrons. The Labute approximate surface area is 336 Å². The van der Waals surface area contributed by atoms with Crippen molar-refractivity contribution in [1.29, 1.82) is 0 Å². The number of aliphatic carboxylic acids is 1. The van der Waals surface area contributed by atoms with E-state index in [9.17, 15) is 33.9 Å². The van der Waals surface area contributed by atoms with Crippen molar-refractivity contribution in [2.45, 2.75) is 71.4 Å². The summed E-state index contributed by atoms with van der Waals surface area (Å²) in [6, 6.07) is -1.83. The lowest BCUT2D eigenvalue weighted by atomic mass is 10.0. The maximum Gasteiger partial charge on any atom is 0.326 e. The third kappa shape index (κ3) is 27.7. The molecule has 57 heavy (non-hydrogen) atoms. The van der Waals surface area contributed by atoms with Crippen LogP contribution in [0.3, 0.4) is 0 Å². The summed E-state index contributed by atoms with van der Waals surface area (Å²) in [7, 11) is 0. The Balaban J connectivity index is 1.83. The normalized spacial score (nSPS) is 13.6. The summed E-state index contributed by atoms with van der Waals surface area (Å²) >= 11 is 0. The smallest absolute Gasteiger partial charge is 0.326 e. The summed E-state index contributed by atoms with van der Waals surface area (Å²) in [5.74, 6) is -3.26. The van der Waals surface area contributed by atoms with Gasteiger partial charge in [-0.2, -0.15) is 0 Å². The Morgan fingerprint density at radius 2 is 1.05 bits per heavy atom. The molecule has 5 amide bonds. The van der Waals surface area contributed by atoms with Gasteiger partial charge in [0.25, 0.3) is 11.8 Å². The van der Waals surface area contributed by atoms with Gasteiger partial charge in [-0.1, -0.05) is 40.0 Å². The monoisotopic (exact) mass is 818 g/mol. The number of hydrogen-bond donors (Lipinski definition) is 4. The first-order chi connectivity index (χ1) is 27.6. The van der Waals surface area contributed by atoms with Crippen LogP contribution in [0.1, 0.15) is 59.3 Å². The number of amides is 5. The number of carbonyl (C=O) groups excluding carboxylic acids is 5. The van der Waals surface area contributed by atoms with Crippen LogP contribution in [-0.2, 0) is 66.7 Å². The van der Waals surface area contributed by atoms with Crippen LogP contribution in [0.4, 0.5) is 0 Å². The second-order valence-corrected chi connectivity index (χ2v) is 13.1. The molecule has 0 fully saturated rings. The summed E-state index contributed by atoms with van der Waals surface area (Å²) < 4.78 is 43.6. The summed E-state index contributed by atoms with van der Waals surface area (Å²) in [5.41, 5.74) is 0. The largest absolute Gasteiger partial charge is 0.480 e. The van der Waals surface area contributed by atoms with Crippen molar-refractivity contribution in [3.63, 3.8) is 0 Å². The fourth-order valence-corrected chi connectivity index (χ4v) is 4.92. The molecule has 0 bridgehead atoms. The molecule has 19 nitrogen and oxygen atoms in total. The number of imide groups is 1. The van der Waals surface area contributed by atoms with Gasteiger partial charge in [0.1, 0.15) is 12.1 Å². The first kappa shape index (κ1) is 51.5. The lowest BCUT2D eigenvalue weighted by molar-refractivity contribution is -0.142. The minimum Gasteiger partial charge on any atom is -0.480 e. The SMILES string of the molecule is CCCCC[C@H](NC(=O)[C@@H](NC(=O)CCOCCOCCOCCOCCOCCOCCOCCOCCNC(=O)CCN1C(=O)C=CC1=O)C(C)C)C(=O)O. The molecule has 19 heteroatoms. The Kier molecular flexibility index (Phi) is 31.1. The van der Waals surface area contributed by atoms with Gasteiger partial charge in [0.2, 0.25) is 17.7 Å². The molecule has 1 heterocycles.